The van der Waals surface area contributed by atoms with Gasteiger partial charge in [-0.25, -0.2) is 9.37 Å². The van der Waals surface area contributed by atoms with Crippen LogP contribution in [-0.4, -0.2) is 28.8 Å². The van der Waals surface area contributed by atoms with Gasteiger partial charge in [-0.15, -0.1) is 0 Å². The molecule has 0 amide bonds. The van der Waals surface area contributed by atoms with Crippen LogP contribution in [0, 0.1) is 5.82 Å². The van der Waals surface area contributed by atoms with Gasteiger partial charge in [0, 0.05) is 17.7 Å². The summed E-state index contributed by atoms with van der Waals surface area (Å²) in [5.74, 6) is 0.317. The van der Waals surface area contributed by atoms with Gasteiger partial charge in [0.1, 0.15) is 17.8 Å². The third-order valence-electron chi connectivity index (χ3n) is 5.13. The maximum Gasteiger partial charge on any atom is 0.226 e. The number of aromatic nitrogens is 1. The van der Waals surface area contributed by atoms with E-state index in [2.05, 4.69) is 21.1 Å². The SMILES string of the molecule is N/C(=N\OCc1coc(-c2cccc(F)c2)n1)c1ccccc1CN1CCCCC1. The molecule has 1 aliphatic rings. The van der Waals surface area contributed by atoms with Crippen molar-refractivity contribution in [2.45, 2.75) is 32.4 Å². The maximum atomic E-state index is 13.4. The molecule has 0 bridgehead atoms. The molecule has 3 aromatic rings. The smallest absolute Gasteiger partial charge is 0.226 e. The van der Waals surface area contributed by atoms with Crippen LogP contribution in [0.3, 0.4) is 0 Å². The summed E-state index contributed by atoms with van der Waals surface area (Å²) in [6, 6.07) is 14.1. The van der Waals surface area contributed by atoms with E-state index in [1.54, 1.807) is 12.1 Å². The van der Waals surface area contributed by atoms with Gasteiger partial charge in [0.2, 0.25) is 5.89 Å². The highest BCUT2D eigenvalue weighted by Gasteiger charge is 2.14. The first-order valence-electron chi connectivity index (χ1n) is 10.2. The van der Waals surface area contributed by atoms with Crippen LogP contribution in [0.15, 0.2) is 64.4 Å². The van der Waals surface area contributed by atoms with E-state index in [1.807, 2.05) is 18.2 Å². The predicted octanol–water partition coefficient (Wildman–Crippen LogP) is 4.30. The number of nitrogens with zero attached hydrogens (tertiary/aromatic N) is 3. The molecule has 0 atom stereocenters. The standard InChI is InChI=1S/C23H25FN4O2/c24-19-9-6-8-17(13-19)23-26-20(15-29-23)16-30-27-22(25)21-10-3-2-7-18(21)14-28-11-4-1-5-12-28/h2-3,6-10,13,15H,1,4-5,11-12,14,16H2,(H2,25,27). The van der Waals surface area contributed by atoms with E-state index in [9.17, 15) is 4.39 Å². The Morgan fingerprint density at radius 2 is 1.97 bits per heavy atom. The summed E-state index contributed by atoms with van der Waals surface area (Å²) in [6.45, 7) is 3.18. The molecule has 2 heterocycles. The fraction of sp³-hybridized carbons (Fsp3) is 0.304. The molecule has 1 fully saturated rings. The Balaban J connectivity index is 1.39. The Hall–Kier alpha value is -3.19. The molecule has 4 rings (SSSR count). The van der Waals surface area contributed by atoms with Crippen LogP contribution in [0.5, 0.6) is 0 Å². The van der Waals surface area contributed by atoms with Crippen LogP contribution in [0.25, 0.3) is 11.5 Å². The fourth-order valence-corrected chi connectivity index (χ4v) is 3.61. The molecule has 1 aliphatic heterocycles. The van der Waals surface area contributed by atoms with Gasteiger partial charge in [0.15, 0.2) is 12.4 Å². The second kappa shape index (κ2) is 9.54. The summed E-state index contributed by atoms with van der Waals surface area (Å²) in [5.41, 5.74) is 9.33. The number of halogens is 1. The third kappa shape index (κ3) is 5.04. The topological polar surface area (TPSA) is 76.9 Å². The van der Waals surface area contributed by atoms with Crippen LogP contribution in [-0.2, 0) is 18.0 Å². The van der Waals surface area contributed by atoms with Crippen LogP contribution in [0.1, 0.15) is 36.1 Å². The Kier molecular flexibility index (Phi) is 6.39. The maximum absolute atomic E-state index is 13.4. The van der Waals surface area contributed by atoms with Crippen molar-refractivity contribution in [2.24, 2.45) is 10.9 Å². The number of hydrogen-bond donors (Lipinski definition) is 1. The number of hydrogen-bond acceptors (Lipinski definition) is 5. The third-order valence-corrected chi connectivity index (χ3v) is 5.13. The van der Waals surface area contributed by atoms with Crippen LogP contribution in [0.2, 0.25) is 0 Å². The van der Waals surface area contributed by atoms with Gasteiger partial charge in [-0.1, -0.05) is 41.9 Å². The molecule has 2 N–H and O–H groups in total. The van der Waals surface area contributed by atoms with E-state index < -0.39 is 0 Å². The Labute approximate surface area is 175 Å². The molecule has 1 saturated heterocycles. The fourth-order valence-electron chi connectivity index (χ4n) is 3.61. The monoisotopic (exact) mass is 408 g/mol. The average molecular weight is 408 g/mol. The lowest BCUT2D eigenvalue weighted by atomic mass is 10.0. The van der Waals surface area contributed by atoms with Crippen molar-refractivity contribution in [3.05, 3.63) is 77.4 Å². The molecule has 0 spiro atoms. The van der Waals surface area contributed by atoms with Gasteiger partial charge in [-0.2, -0.15) is 0 Å². The molecule has 1 aromatic heterocycles. The van der Waals surface area contributed by atoms with Crippen LogP contribution in [0.4, 0.5) is 4.39 Å². The van der Waals surface area contributed by atoms with Crippen molar-refractivity contribution in [2.75, 3.05) is 13.1 Å². The minimum Gasteiger partial charge on any atom is -0.444 e. The van der Waals surface area contributed by atoms with E-state index in [4.69, 9.17) is 15.0 Å². The van der Waals surface area contributed by atoms with E-state index in [1.165, 1.54) is 37.7 Å². The number of benzene rings is 2. The highest BCUT2D eigenvalue weighted by molar-refractivity contribution is 5.98. The minimum absolute atomic E-state index is 0.105. The van der Waals surface area contributed by atoms with Crippen molar-refractivity contribution in [1.82, 2.24) is 9.88 Å². The average Bonchev–Trinajstić information content (AvgIpc) is 3.24. The first kappa shape index (κ1) is 20.1. The van der Waals surface area contributed by atoms with Gasteiger partial charge < -0.3 is 15.0 Å². The number of rotatable bonds is 7. The van der Waals surface area contributed by atoms with E-state index in [-0.39, 0.29) is 12.4 Å². The molecule has 2 aromatic carbocycles. The largest absolute Gasteiger partial charge is 0.444 e. The molecule has 30 heavy (non-hydrogen) atoms. The van der Waals surface area contributed by atoms with Crippen molar-refractivity contribution in [1.29, 1.82) is 0 Å². The number of amidine groups is 1. The van der Waals surface area contributed by atoms with Crippen molar-refractivity contribution in [3.63, 3.8) is 0 Å². The number of piperidine rings is 1. The lowest BCUT2D eigenvalue weighted by Gasteiger charge is -2.27. The minimum atomic E-state index is -0.343. The van der Waals surface area contributed by atoms with E-state index >= 15 is 0 Å². The summed E-state index contributed by atoms with van der Waals surface area (Å²) >= 11 is 0. The molecule has 0 unspecified atom stereocenters. The van der Waals surface area contributed by atoms with Gasteiger partial charge in [-0.05, 0) is 49.7 Å². The van der Waals surface area contributed by atoms with Crippen LogP contribution >= 0.6 is 0 Å². The number of oxime groups is 1. The predicted molar refractivity (Wildman–Crippen MR) is 113 cm³/mol. The molecule has 6 nitrogen and oxygen atoms in total. The van der Waals surface area contributed by atoms with E-state index in [0.29, 0.717) is 23.0 Å². The first-order valence-corrected chi connectivity index (χ1v) is 10.2. The van der Waals surface area contributed by atoms with Crippen molar-refractivity contribution in [3.8, 4) is 11.5 Å². The second-order valence-corrected chi connectivity index (χ2v) is 7.40. The van der Waals surface area contributed by atoms with Gasteiger partial charge in [0.25, 0.3) is 0 Å². The van der Waals surface area contributed by atoms with Gasteiger partial charge in [0.05, 0.1) is 0 Å². The molecular formula is C23H25FN4O2. The zero-order valence-corrected chi connectivity index (χ0v) is 16.8. The summed E-state index contributed by atoms with van der Waals surface area (Å²) in [7, 11) is 0. The number of likely N-dealkylation sites (tertiary alicyclic amines) is 1. The summed E-state index contributed by atoms with van der Waals surface area (Å²) < 4.78 is 18.8. The molecule has 7 heteroatoms. The first-order chi connectivity index (χ1) is 14.7. The molecule has 0 aliphatic carbocycles. The Morgan fingerprint density at radius 3 is 2.80 bits per heavy atom. The Morgan fingerprint density at radius 1 is 1.13 bits per heavy atom. The molecule has 0 saturated carbocycles. The van der Waals surface area contributed by atoms with E-state index in [0.717, 1.165) is 30.8 Å². The number of nitrogens with two attached hydrogens (primary N) is 1. The van der Waals surface area contributed by atoms with Gasteiger partial charge in [-0.3, -0.25) is 4.90 Å². The molecule has 156 valence electrons. The quantitative estimate of drug-likeness (QED) is 0.358. The lowest BCUT2D eigenvalue weighted by molar-refractivity contribution is 0.127. The normalized spacial score (nSPS) is 15.3. The Bertz CT molecular complexity index is 1010. The summed E-state index contributed by atoms with van der Waals surface area (Å²) in [4.78, 5) is 12.2. The van der Waals surface area contributed by atoms with Crippen LogP contribution < -0.4 is 5.73 Å². The highest BCUT2D eigenvalue weighted by Crippen LogP contribution is 2.20. The lowest BCUT2D eigenvalue weighted by Crippen LogP contribution is -2.30. The van der Waals surface area contributed by atoms with Gasteiger partial charge >= 0.3 is 0 Å². The zero-order valence-electron chi connectivity index (χ0n) is 16.8. The summed E-state index contributed by atoms with van der Waals surface area (Å²) in [6.07, 6.45) is 5.25. The van der Waals surface area contributed by atoms with Crippen molar-refractivity contribution < 1.29 is 13.6 Å². The molecular weight excluding hydrogens is 383 g/mol. The summed E-state index contributed by atoms with van der Waals surface area (Å²) in [5, 5.41) is 4.07. The van der Waals surface area contributed by atoms with Crippen molar-refractivity contribution >= 4 is 5.84 Å². The molecule has 0 radical (unpaired) electrons. The number of oxazole rings is 1. The second-order valence-electron chi connectivity index (χ2n) is 7.40. The zero-order chi connectivity index (χ0) is 20.8. The highest BCUT2D eigenvalue weighted by atomic mass is 19.1.